The lowest BCUT2D eigenvalue weighted by molar-refractivity contribution is 0.473. The van der Waals surface area contributed by atoms with E-state index in [0.717, 1.165) is 15.4 Å². The first-order valence-corrected chi connectivity index (χ1v) is 10.2. The molecule has 1 aliphatic rings. The summed E-state index contributed by atoms with van der Waals surface area (Å²) in [6, 6.07) is 14.0. The summed E-state index contributed by atoms with van der Waals surface area (Å²) in [6.07, 6.45) is 10.3. The van der Waals surface area contributed by atoms with Gasteiger partial charge in [0.15, 0.2) is 0 Å². The zero-order valence-corrected chi connectivity index (χ0v) is 17.8. The average Bonchev–Trinajstić information content (AvgIpc) is 2.85. The standard InChI is InChI=1S/C25H27NOS/c1-18-15-16-20(27)17-23(18)28-19(2)11-7-6-8-14-24-25(3,4)21-12-9-10-13-22(21)26(24)5/h6-17,27H,2H2,1,3-5H3/b8-6+,11-7+,24-14+. The molecule has 0 radical (unpaired) electrons. The number of thioether (sulfide) groups is 1. The fourth-order valence-electron chi connectivity index (χ4n) is 3.55. The largest absolute Gasteiger partial charge is 0.508 e. The molecule has 0 bridgehead atoms. The van der Waals surface area contributed by atoms with Crippen LogP contribution >= 0.6 is 11.8 Å². The van der Waals surface area contributed by atoms with Crippen LogP contribution in [0.5, 0.6) is 5.75 Å². The molecule has 0 aliphatic carbocycles. The van der Waals surface area contributed by atoms with E-state index >= 15 is 0 Å². The number of para-hydroxylation sites is 1. The van der Waals surface area contributed by atoms with Crippen LogP contribution in [0.3, 0.4) is 0 Å². The number of fused-ring (bicyclic) bond motifs is 1. The maximum absolute atomic E-state index is 9.65. The number of likely N-dealkylation sites (N-methyl/N-ethyl adjacent to an activating group) is 1. The highest BCUT2D eigenvalue weighted by molar-refractivity contribution is 8.03. The molecule has 3 rings (SSSR count). The molecule has 1 aliphatic heterocycles. The van der Waals surface area contributed by atoms with E-state index in [1.54, 1.807) is 23.9 Å². The van der Waals surface area contributed by atoms with Crippen LogP contribution in [0.1, 0.15) is 25.0 Å². The Morgan fingerprint density at radius 2 is 1.86 bits per heavy atom. The minimum Gasteiger partial charge on any atom is -0.508 e. The molecular weight excluding hydrogens is 362 g/mol. The maximum atomic E-state index is 9.65. The number of rotatable bonds is 5. The summed E-state index contributed by atoms with van der Waals surface area (Å²) in [5.41, 5.74) is 5.03. The van der Waals surface area contributed by atoms with Gasteiger partial charge in [0, 0.05) is 33.6 Å². The van der Waals surface area contributed by atoms with Crippen molar-refractivity contribution in [2.75, 3.05) is 11.9 Å². The minimum atomic E-state index is -0.00825. The van der Waals surface area contributed by atoms with E-state index in [9.17, 15) is 5.11 Å². The van der Waals surface area contributed by atoms with Crippen LogP contribution in [0.2, 0.25) is 0 Å². The zero-order chi connectivity index (χ0) is 20.3. The third-order valence-electron chi connectivity index (χ3n) is 5.11. The predicted molar refractivity (Wildman–Crippen MR) is 122 cm³/mol. The van der Waals surface area contributed by atoms with E-state index < -0.39 is 0 Å². The van der Waals surface area contributed by atoms with Crippen molar-refractivity contribution in [3.05, 3.63) is 101 Å². The summed E-state index contributed by atoms with van der Waals surface area (Å²) in [4.78, 5) is 4.22. The molecule has 0 aromatic heterocycles. The highest BCUT2D eigenvalue weighted by atomic mass is 32.2. The fourth-order valence-corrected chi connectivity index (χ4v) is 4.39. The van der Waals surface area contributed by atoms with Crippen LogP contribution in [0, 0.1) is 6.92 Å². The number of hydrogen-bond acceptors (Lipinski definition) is 3. The average molecular weight is 390 g/mol. The summed E-state index contributed by atoms with van der Waals surface area (Å²) < 4.78 is 0. The summed E-state index contributed by atoms with van der Waals surface area (Å²) in [5, 5.41) is 9.65. The normalized spacial score (nSPS) is 17.0. The first-order chi connectivity index (χ1) is 13.3. The summed E-state index contributed by atoms with van der Waals surface area (Å²) in [6.45, 7) is 10.7. The Hall–Kier alpha value is -2.65. The van der Waals surface area contributed by atoms with Crippen molar-refractivity contribution in [2.45, 2.75) is 31.1 Å². The summed E-state index contributed by atoms with van der Waals surface area (Å²) in [5.74, 6) is 0.278. The van der Waals surface area contributed by atoms with Gasteiger partial charge < -0.3 is 10.0 Å². The van der Waals surface area contributed by atoms with Crippen LogP contribution in [-0.2, 0) is 5.41 Å². The fraction of sp³-hybridized carbons (Fsp3) is 0.200. The Morgan fingerprint density at radius 1 is 1.11 bits per heavy atom. The van der Waals surface area contributed by atoms with E-state index in [0.29, 0.717) is 0 Å². The molecule has 1 N–H and O–H groups in total. The van der Waals surface area contributed by atoms with Gasteiger partial charge in [-0.3, -0.25) is 0 Å². The Bertz CT molecular complexity index is 982. The van der Waals surface area contributed by atoms with Crippen LogP contribution < -0.4 is 4.90 Å². The van der Waals surface area contributed by atoms with Gasteiger partial charge in [-0.25, -0.2) is 0 Å². The number of hydrogen-bond donors (Lipinski definition) is 1. The predicted octanol–water partition coefficient (Wildman–Crippen LogP) is 6.73. The molecule has 2 nitrogen and oxygen atoms in total. The van der Waals surface area contributed by atoms with Gasteiger partial charge in [-0.2, -0.15) is 0 Å². The molecule has 28 heavy (non-hydrogen) atoms. The molecule has 0 unspecified atom stereocenters. The van der Waals surface area contributed by atoms with Crippen molar-refractivity contribution in [2.24, 2.45) is 0 Å². The number of allylic oxidation sites excluding steroid dienone is 6. The molecule has 3 heteroatoms. The molecule has 0 saturated heterocycles. The SMILES string of the molecule is C=C(/C=C/C=C/C=C1/N(C)c2ccccc2C1(C)C)Sc1cc(O)ccc1C. The number of anilines is 1. The molecule has 0 fully saturated rings. The molecule has 2 aromatic carbocycles. The topological polar surface area (TPSA) is 23.5 Å². The van der Waals surface area contributed by atoms with Gasteiger partial charge in [-0.05, 0) is 48.4 Å². The van der Waals surface area contributed by atoms with Crippen LogP contribution in [0.15, 0.2) is 94.9 Å². The number of nitrogens with zero attached hydrogens (tertiary/aromatic N) is 1. The minimum absolute atomic E-state index is 0.00825. The van der Waals surface area contributed by atoms with Crippen LogP contribution in [-0.4, -0.2) is 12.2 Å². The molecule has 0 amide bonds. The first kappa shape index (κ1) is 20.1. The van der Waals surface area contributed by atoms with Gasteiger partial charge in [0.25, 0.3) is 0 Å². The first-order valence-electron chi connectivity index (χ1n) is 9.36. The highest BCUT2D eigenvalue weighted by Crippen LogP contribution is 2.46. The molecule has 1 heterocycles. The van der Waals surface area contributed by atoms with Crippen molar-refractivity contribution in [3.8, 4) is 5.75 Å². The third kappa shape index (κ3) is 4.10. The lowest BCUT2D eigenvalue weighted by Crippen LogP contribution is -2.22. The van der Waals surface area contributed by atoms with Crippen molar-refractivity contribution in [3.63, 3.8) is 0 Å². The van der Waals surface area contributed by atoms with Gasteiger partial charge in [-0.1, -0.05) is 74.7 Å². The maximum Gasteiger partial charge on any atom is 0.116 e. The van der Waals surface area contributed by atoms with Crippen molar-refractivity contribution in [1.82, 2.24) is 0 Å². The molecule has 0 atom stereocenters. The third-order valence-corrected chi connectivity index (χ3v) is 6.17. The quantitative estimate of drug-likeness (QED) is 0.453. The Morgan fingerprint density at radius 3 is 2.61 bits per heavy atom. The van der Waals surface area contributed by atoms with Crippen molar-refractivity contribution >= 4 is 17.4 Å². The highest BCUT2D eigenvalue weighted by Gasteiger charge is 2.37. The molecule has 144 valence electrons. The van der Waals surface area contributed by atoms with Gasteiger partial charge in [-0.15, -0.1) is 0 Å². The van der Waals surface area contributed by atoms with E-state index in [-0.39, 0.29) is 11.2 Å². The van der Waals surface area contributed by atoms with Crippen LogP contribution in [0.4, 0.5) is 5.69 Å². The molecule has 0 saturated carbocycles. The zero-order valence-electron chi connectivity index (χ0n) is 16.9. The van der Waals surface area contributed by atoms with Crippen LogP contribution in [0.25, 0.3) is 0 Å². The second-order valence-electron chi connectivity index (χ2n) is 7.52. The smallest absolute Gasteiger partial charge is 0.116 e. The second kappa shape index (κ2) is 8.15. The van der Waals surface area contributed by atoms with E-state index in [4.69, 9.17) is 0 Å². The number of aromatic hydroxyl groups is 1. The van der Waals surface area contributed by atoms with E-state index in [1.165, 1.54) is 16.9 Å². The van der Waals surface area contributed by atoms with Gasteiger partial charge >= 0.3 is 0 Å². The van der Waals surface area contributed by atoms with Gasteiger partial charge in [0.2, 0.25) is 0 Å². The monoisotopic (exact) mass is 389 g/mol. The second-order valence-corrected chi connectivity index (χ2v) is 8.68. The van der Waals surface area contributed by atoms with Gasteiger partial charge in [0.1, 0.15) is 5.75 Å². The van der Waals surface area contributed by atoms with Gasteiger partial charge in [0.05, 0.1) is 0 Å². The molecular formula is C25H27NOS. The summed E-state index contributed by atoms with van der Waals surface area (Å²) in [7, 11) is 2.12. The number of phenolic OH excluding ortho intramolecular Hbond substituents is 1. The van der Waals surface area contributed by atoms with Crippen molar-refractivity contribution in [1.29, 1.82) is 0 Å². The van der Waals surface area contributed by atoms with Crippen molar-refractivity contribution < 1.29 is 5.11 Å². The van der Waals surface area contributed by atoms with E-state index in [1.807, 2.05) is 31.2 Å². The summed E-state index contributed by atoms with van der Waals surface area (Å²) >= 11 is 1.56. The lowest BCUT2D eigenvalue weighted by Gasteiger charge is -2.23. The Balaban J connectivity index is 1.66. The molecule has 2 aromatic rings. The molecule has 0 spiro atoms. The number of benzene rings is 2. The van der Waals surface area contributed by atoms with E-state index in [2.05, 4.69) is 68.8 Å². The lowest BCUT2D eigenvalue weighted by atomic mass is 9.84. The Labute approximate surface area is 172 Å². The number of aryl methyl sites for hydroxylation is 1. The number of phenols is 1. The Kier molecular flexibility index (Phi) is 5.85.